The van der Waals surface area contributed by atoms with Crippen molar-refractivity contribution in [1.29, 1.82) is 0 Å². The molecule has 2 rings (SSSR count). The number of piperazine rings is 1. The predicted octanol–water partition coefficient (Wildman–Crippen LogP) is 1.67. The largest absolute Gasteiger partial charge is 0.338 e. The molecule has 1 aliphatic rings. The van der Waals surface area contributed by atoms with E-state index in [1.165, 1.54) is 5.56 Å². The van der Waals surface area contributed by atoms with Gasteiger partial charge in [0.2, 0.25) is 5.95 Å². The third-order valence-electron chi connectivity index (χ3n) is 4.18. The lowest BCUT2D eigenvalue weighted by Gasteiger charge is -2.37. The van der Waals surface area contributed by atoms with Gasteiger partial charge in [-0.2, -0.15) is 0 Å². The lowest BCUT2D eigenvalue weighted by atomic mass is 10.2. The maximum absolute atomic E-state index is 4.71. The van der Waals surface area contributed by atoms with Gasteiger partial charge in [0.15, 0.2) is 0 Å². The van der Waals surface area contributed by atoms with Crippen LogP contribution < -0.4 is 10.2 Å². The molecule has 0 spiro atoms. The van der Waals surface area contributed by atoms with Gasteiger partial charge in [-0.3, -0.25) is 0 Å². The zero-order chi connectivity index (χ0) is 15.4. The van der Waals surface area contributed by atoms with Gasteiger partial charge in [0, 0.05) is 49.7 Å². The van der Waals surface area contributed by atoms with Crippen molar-refractivity contribution in [2.45, 2.75) is 40.3 Å². The van der Waals surface area contributed by atoms with Crippen molar-refractivity contribution in [3.63, 3.8) is 0 Å². The molecule has 118 valence electrons. The fourth-order valence-corrected chi connectivity index (χ4v) is 2.53. The van der Waals surface area contributed by atoms with E-state index in [2.05, 4.69) is 54.8 Å². The second kappa shape index (κ2) is 7.18. The first-order valence-corrected chi connectivity index (χ1v) is 7.95. The van der Waals surface area contributed by atoms with Crippen molar-refractivity contribution >= 4 is 5.95 Å². The topological polar surface area (TPSA) is 44.3 Å². The maximum Gasteiger partial charge on any atom is 0.225 e. The van der Waals surface area contributed by atoms with E-state index in [1.54, 1.807) is 0 Å². The Bertz CT molecular complexity index is 460. The summed E-state index contributed by atoms with van der Waals surface area (Å²) in [4.78, 5) is 14.0. The number of hydrogen-bond acceptors (Lipinski definition) is 5. The molecule has 1 aromatic rings. The predicted molar refractivity (Wildman–Crippen MR) is 87.6 cm³/mol. The average Bonchev–Trinajstić information content (AvgIpc) is 2.43. The monoisotopic (exact) mass is 291 g/mol. The summed E-state index contributed by atoms with van der Waals surface area (Å²) >= 11 is 0. The summed E-state index contributed by atoms with van der Waals surface area (Å²) in [5, 5.41) is 3.45. The molecule has 1 aliphatic heterocycles. The van der Waals surface area contributed by atoms with Gasteiger partial charge in [0.25, 0.3) is 0 Å². The molecule has 2 heterocycles. The van der Waals surface area contributed by atoms with E-state index in [0.717, 1.165) is 44.4 Å². The Balaban J connectivity index is 1.98. The third-order valence-corrected chi connectivity index (χ3v) is 4.18. The van der Waals surface area contributed by atoms with E-state index in [9.17, 15) is 0 Å². The first kappa shape index (κ1) is 16.2. The van der Waals surface area contributed by atoms with Crippen LogP contribution in [0.3, 0.4) is 0 Å². The average molecular weight is 291 g/mol. The lowest BCUT2D eigenvalue weighted by molar-refractivity contribution is 0.232. The van der Waals surface area contributed by atoms with Gasteiger partial charge >= 0.3 is 0 Å². The highest BCUT2D eigenvalue weighted by Crippen LogP contribution is 2.15. The van der Waals surface area contributed by atoms with Gasteiger partial charge in [-0.1, -0.05) is 13.8 Å². The van der Waals surface area contributed by atoms with Crippen LogP contribution in [0.15, 0.2) is 6.20 Å². The van der Waals surface area contributed by atoms with Crippen molar-refractivity contribution < 1.29 is 0 Å². The molecule has 0 saturated carbocycles. The summed E-state index contributed by atoms with van der Waals surface area (Å²) < 4.78 is 0. The minimum Gasteiger partial charge on any atom is -0.338 e. The number of likely N-dealkylation sites (N-methyl/N-ethyl adjacent to an activating group) is 1. The zero-order valence-corrected chi connectivity index (χ0v) is 14.1. The minimum atomic E-state index is 0.551. The molecule has 1 N–H and O–H groups in total. The van der Waals surface area contributed by atoms with Crippen LogP contribution in [-0.4, -0.2) is 54.1 Å². The zero-order valence-electron chi connectivity index (χ0n) is 14.1. The molecule has 21 heavy (non-hydrogen) atoms. The summed E-state index contributed by atoms with van der Waals surface area (Å²) in [7, 11) is 2.18. The molecular formula is C16H29N5. The Labute approximate surface area is 128 Å². The van der Waals surface area contributed by atoms with E-state index in [1.807, 2.05) is 6.20 Å². The van der Waals surface area contributed by atoms with Gasteiger partial charge in [0.1, 0.15) is 0 Å². The van der Waals surface area contributed by atoms with Gasteiger partial charge in [-0.15, -0.1) is 0 Å². The Morgan fingerprint density at radius 2 is 2.14 bits per heavy atom. The molecule has 0 aromatic carbocycles. The molecule has 0 amide bonds. The number of nitrogens with one attached hydrogen (secondary N) is 1. The Morgan fingerprint density at radius 3 is 2.76 bits per heavy atom. The van der Waals surface area contributed by atoms with Crippen LogP contribution in [-0.2, 0) is 6.54 Å². The van der Waals surface area contributed by atoms with Crippen LogP contribution in [0.2, 0.25) is 0 Å². The van der Waals surface area contributed by atoms with Crippen molar-refractivity contribution in [2.75, 3.05) is 38.1 Å². The van der Waals surface area contributed by atoms with E-state index in [4.69, 9.17) is 4.98 Å². The van der Waals surface area contributed by atoms with Crippen molar-refractivity contribution in [1.82, 2.24) is 20.2 Å². The van der Waals surface area contributed by atoms with Gasteiger partial charge in [-0.25, -0.2) is 9.97 Å². The Morgan fingerprint density at radius 1 is 1.38 bits per heavy atom. The standard InChI is InChI=1S/C16H29N5/c1-12(2)8-17-9-15-10-18-16(19-14(15)4)21-7-6-20(5)13(3)11-21/h10,12-13,17H,6-9,11H2,1-5H3. The van der Waals surface area contributed by atoms with E-state index >= 15 is 0 Å². The second-order valence-corrected chi connectivity index (χ2v) is 6.58. The molecule has 1 atom stereocenters. The molecule has 1 unspecified atom stereocenters. The second-order valence-electron chi connectivity index (χ2n) is 6.58. The van der Waals surface area contributed by atoms with Crippen LogP contribution in [0.5, 0.6) is 0 Å². The Kier molecular flexibility index (Phi) is 5.53. The molecular weight excluding hydrogens is 262 g/mol. The molecule has 0 aliphatic carbocycles. The quantitative estimate of drug-likeness (QED) is 0.894. The SMILES string of the molecule is Cc1nc(N2CCN(C)C(C)C2)ncc1CNCC(C)C. The van der Waals surface area contributed by atoms with Gasteiger partial charge in [-0.05, 0) is 33.4 Å². The molecule has 1 saturated heterocycles. The number of aryl methyl sites for hydroxylation is 1. The first-order valence-electron chi connectivity index (χ1n) is 7.95. The number of aromatic nitrogens is 2. The molecule has 5 heteroatoms. The van der Waals surface area contributed by atoms with Gasteiger partial charge < -0.3 is 15.1 Å². The first-order chi connectivity index (χ1) is 9.97. The molecule has 1 aromatic heterocycles. The van der Waals surface area contributed by atoms with Crippen LogP contribution in [0.1, 0.15) is 32.0 Å². The van der Waals surface area contributed by atoms with Crippen molar-refractivity contribution in [2.24, 2.45) is 5.92 Å². The highest BCUT2D eigenvalue weighted by Gasteiger charge is 2.22. The number of hydrogen-bond donors (Lipinski definition) is 1. The van der Waals surface area contributed by atoms with Crippen molar-refractivity contribution in [3.05, 3.63) is 17.5 Å². The molecule has 0 bridgehead atoms. The summed E-state index contributed by atoms with van der Waals surface area (Å²) in [6, 6.07) is 0.551. The summed E-state index contributed by atoms with van der Waals surface area (Å²) in [5.74, 6) is 1.54. The molecule has 1 fully saturated rings. The minimum absolute atomic E-state index is 0.551. The van der Waals surface area contributed by atoms with Crippen molar-refractivity contribution in [3.8, 4) is 0 Å². The highest BCUT2D eigenvalue weighted by atomic mass is 15.3. The van der Waals surface area contributed by atoms with E-state index in [-0.39, 0.29) is 0 Å². The maximum atomic E-state index is 4.71. The molecule has 5 nitrogen and oxygen atoms in total. The highest BCUT2D eigenvalue weighted by molar-refractivity contribution is 5.34. The Hall–Kier alpha value is -1.20. The third kappa shape index (κ3) is 4.38. The smallest absolute Gasteiger partial charge is 0.225 e. The molecule has 0 radical (unpaired) electrons. The van der Waals surface area contributed by atoms with Gasteiger partial charge in [0.05, 0.1) is 0 Å². The fourth-order valence-electron chi connectivity index (χ4n) is 2.53. The summed E-state index contributed by atoms with van der Waals surface area (Å²) in [6.07, 6.45) is 1.98. The fraction of sp³-hybridized carbons (Fsp3) is 0.750. The summed E-state index contributed by atoms with van der Waals surface area (Å²) in [5.41, 5.74) is 2.28. The van der Waals surface area contributed by atoms with Crippen LogP contribution in [0.4, 0.5) is 5.95 Å². The van der Waals surface area contributed by atoms with E-state index in [0.29, 0.717) is 12.0 Å². The normalized spacial score (nSPS) is 20.3. The van der Waals surface area contributed by atoms with Crippen LogP contribution in [0, 0.1) is 12.8 Å². The number of anilines is 1. The van der Waals surface area contributed by atoms with E-state index < -0.39 is 0 Å². The number of nitrogens with zero attached hydrogens (tertiary/aromatic N) is 4. The summed E-state index contributed by atoms with van der Waals surface area (Å²) in [6.45, 7) is 13.7. The lowest BCUT2D eigenvalue weighted by Crippen LogP contribution is -2.50. The number of rotatable bonds is 5. The van der Waals surface area contributed by atoms with Crippen LogP contribution >= 0.6 is 0 Å². The van der Waals surface area contributed by atoms with Crippen LogP contribution in [0.25, 0.3) is 0 Å².